The standard InChI is InChI=1S/C16H19NO3/c1-19-15-7-5-8-16(20-2)12(15)9-10-14(18)13-6-3-4-11-17-13/h3-8,11,14,18H,9-10H2,1-2H3/t14-/m1/s1. The highest BCUT2D eigenvalue weighted by molar-refractivity contribution is 5.44. The van der Waals surface area contributed by atoms with Crippen LogP contribution >= 0.6 is 0 Å². The van der Waals surface area contributed by atoms with E-state index in [1.54, 1.807) is 20.4 Å². The van der Waals surface area contributed by atoms with Crippen molar-refractivity contribution in [3.63, 3.8) is 0 Å². The van der Waals surface area contributed by atoms with Gasteiger partial charge in [-0.25, -0.2) is 0 Å². The molecule has 2 aromatic rings. The van der Waals surface area contributed by atoms with Crippen molar-refractivity contribution in [1.82, 2.24) is 4.98 Å². The van der Waals surface area contributed by atoms with Gasteiger partial charge in [-0.05, 0) is 37.1 Å². The van der Waals surface area contributed by atoms with Gasteiger partial charge in [0.2, 0.25) is 0 Å². The van der Waals surface area contributed by atoms with Gasteiger partial charge >= 0.3 is 0 Å². The highest BCUT2D eigenvalue weighted by Crippen LogP contribution is 2.31. The van der Waals surface area contributed by atoms with E-state index in [0.717, 1.165) is 17.1 Å². The van der Waals surface area contributed by atoms with Crippen molar-refractivity contribution in [2.75, 3.05) is 14.2 Å². The molecule has 0 fully saturated rings. The minimum atomic E-state index is -0.592. The number of hydrogen-bond donors (Lipinski definition) is 1. The van der Waals surface area contributed by atoms with E-state index in [4.69, 9.17) is 9.47 Å². The Morgan fingerprint density at radius 1 is 1.05 bits per heavy atom. The molecular formula is C16H19NO3. The number of pyridine rings is 1. The molecule has 1 aromatic carbocycles. The van der Waals surface area contributed by atoms with Gasteiger partial charge in [0.15, 0.2) is 0 Å². The number of aliphatic hydroxyl groups excluding tert-OH is 1. The minimum Gasteiger partial charge on any atom is -0.496 e. The maximum Gasteiger partial charge on any atom is 0.125 e. The molecule has 4 nitrogen and oxygen atoms in total. The average Bonchev–Trinajstić information content (AvgIpc) is 2.52. The molecule has 0 unspecified atom stereocenters. The highest BCUT2D eigenvalue weighted by Gasteiger charge is 2.14. The van der Waals surface area contributed by atoms with Crippen LogP contribution in [0.4, 0.5) is 0 Å². The predicted molar refractivity (Wildman–Crippen MR) is 77.1 cm³/mol. The van der Waals surface area contributed by atoms with Gasteiger partial charge in [0, 0.05) is 11.8 Å². The van der Waals surface area contributed by atoms with E-state index in [1.807, 2.05) is 36.4 Å². The number of ether oxygens (including phenoxy) is 2. The maximum atomic E-state index is 10.2. The number of nitrogens with zero attached hydrogens (tertiary/aromatic N) is 1. The van der Waals surface area contributed by atoms with Crippen LogP contribution < -0.4 is 9.47 Å². The molecule has 1 N–H and O–H groups in total. The monoisotopic (exact) mass is 273 g/mol. The number of aromatic nitrogens is 1. The zero-order valence-electron chi connectivity index (χ0n) is 11.7. The highest BCUT2D eigenvalue weighted by atomic mass is 16.5. The second kappa shape index (κ2) is 6.91. The van der Waals surface area contributed by atoms with Crippen molar-refractivity contribution >= 4 is 0 Å². The normalized spacial score (nSPS) is 11.9. The van der Waals surface area contributed by atoms with E-state index in [-0.39, 0.29) is 0 Å². The van der Waals surface area contributed by atoms with Crippen LogP contribution in [-0.2, 0) is 6.42 Å². The Hall–Kier alpha value is -2.07. The number of hydrogen-bond acceptors (Lipinski definition) is 4. The first-order valence-electron chi connectivity index (χ1n) is 6.55. The number of benzene rings is 1. The molecule has 4 heteroatoms. The lowest BCUT2D eigenvalue weighted by Crippen LogP contribution is -2.04. The zero-order chi connectivity index (χ0) is 14.4. The third kappa shape index (κ3) is 3.27. The van der Waals surface area contributed by atoms with E-state index in [0.29, 0.717) is 18.5 Å². The van der Waals surface area contributed by atoms with E-state index in [1.165, 1.54) is 0 Å². The first-order valence-corrected chi connectivity index (χ1v) is 6.55. The summed E-state index contributed by atoms with van der Waals surface area (Å²) in [5, 5.41) is 10.2. The van der Waals surface area contributed by atoms with Crippen LogP contribution in [0.5, 0.6) is 11.5 Å². The van der Waals surface area contributed by atoms with Crippen LogP contribution in [0.2, 0.25) is 0 Å². The molecule has 1 atom stereocenters. The second-order valence-electron chi connectivity index (χ2n) is 4.45. The molecule has 0 spiro atoms. The van der Waals surface area contributed by atoms with Crippen LogP contribution in [0.3, 0.4) is 0 Å². The summed E-state index contributed by atoms with van der Waals surface area (Å²) >= 11 is 0. The first kappa shape index (κ1) is 14.3. The summed E-state index contributed by atoms with van der Waals surface area (Å²) in [7, 11) is 3.26. The lowest BCUT2D eigenvalue weighted by molar-refractivity contribution is 0.162. The summed E-state index contributed by atoms with van der Waals surface area (Å²) in [6.45, 7) is 0. The van der Waals surface area contributed by atoms with Crippen molar-refractivity contribution in [2.24, 2.45) is 0 Å². The third-order valence-corrected chi connectivity index (χ3v) is 3.23. The minimum absolute atomic E-state index is 0.563. The van der Waals surface area contributed by atoms with E-state index in [2.05, 4.69) is 4.98 Å². The van der Waals surface area contributed by atoms with Crippen molar-refractivity contribution in [3.8, 4) is 11.5 Å². The summed E-state index contributed by atoms with van der Waals surface area (Å²) in [5.74, 6) is 1.55. The largest absolute Gasteiger partial charge is 0.496 e. The van der Waals surface area contributed by atoms with Gasteiger partial charge in [0.25, 0.3) is 0 Å². The predicted octanol–water partition coefficient (Wildman–Crippen LogP) is 2.77. The fraction of sp³-hybridized carbons (Fsp3) is 0.312. The Morgan fingerprint density at radius 3 is 2.30 bits per heavy atom. The van der Waals surface area contributed by atoms with Gasteiger partial charge in [-0.15, -0.1) is 0 Å². The second-order valence-corrected chi connectivity index (χ2v) is 4.45. The van der Waals surface area contributed by atoms with E-state index < -0.39 is 6.10 Å². The molecule has 0 aliphatic heterocycles. The molecule has 0 aliphatic rings. The Kier molecular flexibility index (Phi) is 4.96. The molecule has 106 valence electrons. The van der Waals surface area contributed by atoms with E-state index in [9.17, 15) is 5.11 Å². The van der Waals surface area contributed by atoms with Gasteiger partial charge in [0.05, 0.1) is 26.0 Å². The molecule has 0 amide bonds. The van der Waals surface area contributed by atoms with Crippen molar-refractivity contribution in [1.29, 1.82) is 0 Å². The van der Waals surface area contributed by atoms with Gasteiger partial charge in [-0.2, -0.15) is 0 Å². The molecule has 2 rings (SSSR count). The molecule has 1 heterocycles. The van der Waals surface area contributed by atoms with Crippen LogP contribution in [0.25, 0.3) is 0 Å². The topological polar surface area (TPSA) is 51.6 Å². The fourth-order valence-corrected chi connectivity index (χ4v) is 2.18. The molecule has 0 bridgehead atoms. The molecule has 0 saturated heterocycles. The Bertz CT molecular complexity index is 520. The van der Waals surface area contributed by atoms with Gasteiger partial charge in [-0.3, -0.25) is 4.98 Å². The lowest BCUT2D eigenvalue weighted by atomic mass is 10.0. The summed E-state index contributed by atoms with van der Waals surface area (Å²) in [5.41, 5.74) is 1.65. The lowest BCUT2D eigenvalue weighted by Gasteiger charge is -2.15. The summed E-state index contributed by atoms with van der Waals surface area (Å²) in [4.78, 5) is 4.16. The zero-order valence-corrected chi connectivity index (χ0v) is 11.7. The van der Waals surface area contributed by atoms with E-state index >= 15 is 0 Å². The first-order chi connectivity index (χ1) is 9.76. The molecule has 1 aromatic heterocycles. The van der Waals surface area contributed by atoms with Crippen molar-refractivity contribution < 1.29 is 14.6 Å². The van der Waals surface area contributed by atoms with Crippen LogP contribution in [0.15, 0.2) is 42.6 Å². The molecule has 0 aliphatic carbocycles. The Balaban J connectivity index is 2.11. The van der Waals surface area contributed by atoms with Crippen molar-refractivity contribution in [3.05, 3.63) is 53.9 Å². The van der Waals surface area contributed by atoms with Crippen LogP contribution in [-0.4, -0.2) is 24.3 Å². The maximum absolute atomic E-state index is 10.2. The third-order valence-electron chi connectivity index (χ3n) is 3.23. The Morgan fingerprint density at radius 2 is 1.75 bits per heavy atom. The van der Waals surface area contributed by atoms with Gasteiger partial charge in [-0.1, -0.05) is 12.1 Å². The number of aliphatic hydroxyl groups is 1. The Labute approximate surface area is 119 Å². The SMILES string of the molecule is COc1cccc(OC)c1CC[C@@H](O)c1ccccn1. The summed E-state index contributed by atoms with van der Waals surface area (Å²) < 4.78 is 10.7. The molecule has 20 heavy (non-hydrogen) atoms. The molecular weight excluding hydrogens is 254 g/mol. The smallest absolute Gasteiger partial charge is 0.125 e. The molecule has 0 saturated carbocycles. The average molecular weight is 273 g/mol. The summed E-state index contributed by atoms with van der Waals surface area (Å²) in [6, 6.07) is 11.2. The van der Waals surface area contributed by atoms with Gasteiger partial charge in [0.1, 0.15) is 11.5 Å². The summed E-state index contributed by atoms with van der Waals surface area (Å²) in [6.07, 6.45) is 2.31. The van der Waals surface area contributed by atoms with Crippen molar-refractivity contribution in [2.45, 2.75) is 18.9 Å². The quantitative estimate of drug-likeness (QED) is 0.879. The van der Waals surface area contributed by atoms with Gasteiger partial charge < -0.3 is 14.6 Å². The number of methoxy groups -OCH3 is 2. The molecule has 0 radical (unpaired) electrons. The van der Waals surface area contributed by atoms with Crippen LogP contribution in [0.1, 0.15) is 23.8 Å². The van der Waals surface area contributed by atoms with Crippen LogP contribution in [0, 0.1) is 0 Å². The fourth-order valence-electron chi connectivity index (χ4n) is 2.18. The number of rotatable bonds is 6.